The molecule has 1 aliphatic heterocycles. The smallest absolute Gasteiger partial charge is 0.223 e. The van der Waals surface area contributed by atoms with Crippen molar-refractivity contribution in [1.29, 1.82) is 0 Å². The van der Waals surface area contributed by atoms with Gasteiger partial charge in [-0.05, 0) is 29.9 Å². The first-order valence-electron chi connectivity index (χ1n) is 8.76. The number of carbonyl (C=O) groups excluding carboxylic acids is 1. The minimum atomic E-state index is -0.0964. The van der Waals surface area contributed by atoms with Crippen LogP contribution in [0.15, 0.2) is 30.3 Å². The largest absolute Gasteiger partial charge is 0.396 e. The molecule has 0 saturated carbocycles. The summed E-state index contributed by atoms with van der Waals surface area (Å²) in [4.78, 5) is 12.0. The van der Waals surface area contributed by atoms with Crippen LogP contribution < -0.4 is 5.32 Å². The second-order valence-corrected chi connectivity index (χ2v) is 6.98. The van der Waals surface area contributed by atoms with E-state index in [0.717, 1.165) is 12.0 Å². The quantitative estimate of drug-likeness (QED) is 0.769. The lowest BCUT2D eigenvalue weighted by Gasteiger charge is -2.26. The second-order valence-electron chi connectivity index (χ2n) is 6.98. The molecule has 2 N–H and O–H groups in total. The van der Waals surface area contributed by atoms with Crippen molar-refractivity contribution < 1.29 is 14.6 Å². The van der Waals surface area contributed by atoms with E-state index in [9.17, 15) is 9.90 Å². The highest BCUT2D eigenvalue weighted by atomic mass is 16.5. The topological polar surface area (TPSA) is 58.6 Å². The van der Waals surface area contributed by atoms with E-state index in [-0.39, 0.29) is 17.9 Å². The molecule has 1 saturated heterocycles. The summed E-state index contributed by atoms with van der Waals surface area (Å²) in [5.74, 6) is 0.536. The molecule has 1 heterocycles. The van der Waals surface area contributed by atoms with Crippen molar-refractivity contribution in [3.63, 3.8) is 0 Å². The van der Waals surface area contributed by atoms with Gasteiger partial charge in [-0.25, -0.2) is 0 Å². The van der Waals surface area contributed by atoms with Crippen molar-refractivity contribution in [3.05, 3.63) is 41.5 Å². The standard InChI is InChI=1S/C20H29NO3/c1-16(2)18-8-6-17(7-9-18)4-3-5-19(23)21-14-20(10-12-22)11-13-24-15-20/h3-4,6-9,16,22H,5,10-15H2,1-2H3,(H,21,23)/b4-3+. The molecule has 24 heavy (non-hydrogen) atoms. The van der Waals surface area contributed by atoms with Gasteiger partial charge < -0.3 is 15.2 Å². The van der Waals surface area contributed by atoms with Crippen LogP contribution in [0.3, 0.4) is 0 Å². The van der Waals surface area contributed by atoms with Crippen LogP contribution in [-0.4, -0.2) is 37.4 Å². The van der Waals surface area contributed by atoms with Gasteiger partial charge in [0.25, 0.3) is 0 Å². The fourth-order valence-electron chi connectivity index (χ4n) is 2.96. The zero-order chi connectivity index (χ0) is 17.4. The van der Waals surface area contributed by atoms with E-state index in [4.69, 9.17) is 4.74 Å². The first kappa shape index (κ1) is 18.7. The van der Waals surface area contributed by atoms with Crippen LogP contribution in [0.1, 0.15) is 50.2 Å². The maximum Gasteiger partial charge on any atom is 0.223 e. The van der Waals surface area contributed by atoms with Crippen LogP contribution in [0.25, 0.3) is 6.08 Å². The fraction of sp³-hybridized carbons (Fsp3) is 0.550. The van der Waals surface area contributed by atoms with Crippen LogP contribution in [0.4, 0.5) is 0 Å². The van der Waals surface area contributed by atoms with Gasteiger partial charge in [0.05, 0.1) is 6.61 Å². The van der Waals surface area contributed by atoms with E-state index in [2.05, 4.69) is 43.4 Å². The van der Waals surface area contributed by atoms with Crippen LogP contribution in [0.5, 0.6) is 0 Å². The fourth-order valence-corrected chi connectivity index (χ4v) is 2.96. The summed E-state index contributed by atoms with van der Waals surface area (Å²) in [6, 6.07) is 8.41. The minimum Gasteiger partial charge on any atom is -0.396 e. The van der Waals surface area contributed by atoms with E-state index in [1.54, 1.807) is 0 Å². The van der Waals surface area contributed by atoms with Crippen LogP contribution in [0, 0.1) is 5.41 Å². The summed E-state index contributed by atoms with van der Waals surface area (Å²) >= 11 is 0. The molecule has 0 aliphatic carbocycles. The molecule has 4 heteroatoms. The Kier molecular flexibility index (Phi) is 7.00. The molecule has 1 atom stereocenters. The van der Waals surface area contributed by atoms with Gasteiger partial charge in [-0.3, -0.25) is 4.79 Å². The predicted molar refractivity (Wildman–Crippen MR) is 96.8 cm³/mol. The van der Waals surface area contributed by atoms with E-state index in [0.29, 0.717) is 38.5 Å². The molecule has 1 amide bonds. The molecule has 0 radical (unpaired) electrons. The zero-order valence-electron chi connectivity index (χ0n) is 14.8. The highest BCUT2D eigenvalue weighted by Crippen LogP contribution is 2.31. The number of hydrogen-bond acceptors (Lipinski definition) is 3. The van der Waals surface area contributed by atoms with Crippen molar-refractivity contribution in [3.8, 4) is 0 Å². The lowest BCUT2D eigenvalue weighted by molar-refractivity contribution is -0.120. The van der Waals surface area contributed by atoms with Gasteiger partial charge in [0, 0.05) is 31.6 Å². The van der Waals surface area contributed by atoms with Crippen molar-refractivity contribution in [1.82, 2.24) is 5.32 Å². The third-order valence-corrected chi connectivity index (χ3v) is 4.70. The number of benzene rings is 1. The molecule has 1 aliphatic rings. The number of carbonyl (C=O) groups is 1. The third-order valence-electron chi connectivity index (χ3n) is 4.70. The lowest BCUT2D eigenvalue weighted by Crippen LogP contribution is -2.38. The van der Waals surface area contributed by atoms with Gasteiger partial charge in [0.15, 0.2) is 0 Å². The van der Waals surface area contributed by atoms with Crippen molar-refractivity contribution in [2.75, 3.05) is 26.4 Å². The average molecular weight is 331 g/mol. The molecule has 132 valence electrons. The van der Waals surface area contributed by atoms with Gasteiger partial charge in [0.1, 0.15) is 0 Å². The SMILES string of the molecule is CC(C)c1ccc(/C=C/CC(=O)NCC2(CCO)CCOC2)cc1. The molecule has 0 aromatic heterocycles. The predicted octanol–water partition coefficient (Wildman–Crippen LogP) is 3.12. The molecule has 2 rings (SSSR count). The summed E-state index contributed by atoms with van der Waals surface area (Å²) in [7, 11) is 0. The monoisotopic (exact) mass is 331 g/mol. The van der Waals surface area contributed by atoms with Crippen LogP contribution >= 0.6 is 0 Å². The Morgan fingerprint density at radius 3 is 2.71 bits per heavy atom. The van der Waals surface area contributed by atoms with E-state index in [1.165, 1.54) is 5.56 Å². The Bertz CT molecular complexity index is 543. The van der Waals surface area contributed by atoms with Gasteiger partial charge in [-0.1, -0.05) is 50.3 Å². The third kappa shape index (κ3) is 5.46. The first-order chi connectivity index (χ1) is 11.5. The summed E-state index contributed by atoms with van der Waals surface area (Å²) in [6.45, 7) is 6.38. The van der Waals surface area contributed by atoms with Gasteiger partial charge in [-0.2, -0.15) is 0 Å². The average Bonchev–Trinajstić information content (AvgIpc) is 3.03. The van der Waals surface area contributed by atoms with E-state index >= 15 is 0 Å². The number of amides is 1. The molecule has 1 unspecified atom stereocenters. The Morgan fingerprint density at radius 1 is 1.38 bits per heavy atom. The lowest BCUT2D eigenvalue weighted by atomic mass is 9.84. The van der Waals surface area contributed by atoms with Gasteiger partial charge in [-0.15, -0.1) is 0 Å². The van der Waals surface area contributed by atoms with Crippen molar-refractivity contribution in [2.24, 2.45) is 5.41 Å². The highest BCUT2D eigenvalue weighted by Gasteiger charge is 2.34. The second kappa shape index (κ2) is 9.00. The van der Waals surface area contributed by atoms with E-state index < -0.39 is 0 Å². The molecule has 1 aromatic rings. The van der Waals surface area contributed by atoms with Crippen molar-refractivity contribution >= 4 is 12.0 Å². The van der Waals surface area contributed by atoms with Crippen LogP contribution in [0.2, 0.25) is 0 Å². The number of aliphatic hydroxyl groups excluding tert-OH is 1. The zero-order valence-corrected chi connectivity index (χ0v) is 14.8. The number of aliphatic hydroxyl groups is 1. The Labute approximate surface area is 144 Å². The maximum absolute atomic E-state index is 12.0. The number of nitrogens with one attached hydrogen (secondary N) is 1. The minimum absolute atomic E-state index is 0.00858. The molecule has 0 bridgehead atoms. The Balaban J connectivity index is 1.78. The molecule has 4 nitrogen and oxygen atoms in total. The Hall–Kier alpha value is -1.65. The van der Waals surface area contributed by atoms with E-state index in [1.807, 2.05) is 12.2 Å². The highest BCUT2D eigenvalue weighted by molar-refractivity contribution is 5.78. The Morgan fingerprint density at radius 2 is 2.12 bits per heavy atom. The molecule has 1 aromatic carbocycles. The molecule has 0 spiro atoms. The molecular formula is C20H29NO3. The summed E-state index contributed by atoms with van der Waals surface area (Å²) in [5, 5.41) is 12.2. The summed E-state index contributed by atoms with van der Waals surface area (Å²) < 4.78 is 5.43. The number of hydrogen-bond donors (Lipinski definition) is 2. The summed E-state index contributed by atoms with van der Waals surface area (Å²) in [5.41, 5.74) is 2.33. The first-order valence-corrected chi connectivity index (χ1v) is 8.76. The van der Waals surface area contributed by atoms with Gasteiger partial charge >= 0.3 is 0 Å². The molecule has 1 fully saturated rings. The number of ether oxygens (including phenoxy) is 1. The maximum atomic E-state index is 12.0. The van der Waals surface area contributed by atoms with Gasteiger partial charge in [0.2, 0.25) is 5.91 Å². The number of rotatable bonds is 8. The summed E-state index contributed by atoms with van der Waals surface area (Å²) in [6.07, 6.45) is 5.80. The van der Waals surface area contributed by atoms with Crippen molar-refractivity contribution in [2.45, 2.75) is 39.0 Å². The normalized spacial score (nSPS) is 20.8. The van der Waals surface area contributed by atoms with Crippen LogP contribution in [-0.2, 0) is 9.53 Å². The molecular weight excluding hydrogens is 302 g/mol.